The van der Waals surface area contributed by atoms with Crippen LogP contribution in [-0.4, -0.2) is 0 Å². The summed E-state index contributed by atoms with van der Waals surface area (Å²) < 4.78 is 39.5. The third-order valence-electron chi connectivity index (χ3n) is 3.16. The fourth-order valence-corrected chi connectivity index (χ4v) is 3.23. The van der Waals surface area contributed by atoms with E-state index in [1.54, 1.807) is 0 Å². The van der Waals surface area contributed by atoms with Gasteiger partial charge >= 0.3 is 6.18 Å². The molecular weight excluding hydrogens is 295 g/mol. The molecule has 3 rings (SSSR count). The smallest absolute Gasteiger partial charge is 0.192 e. The monoisotopic (exact) mass is 303 g/mol. The van der Waals surface area contributed by atoms with Gasteiger partial charge in [-0.15, -0.1) is 11.3 Å². The van der Waals surface area contributed by atoms with Gasteiger partial charge in [0.1, 0.15) is 0 Å². The van der Waals surface area contributed by atoms with Crippen LogP contribution in [0.2, 0.25) is 0 Å². The molecule has 0 saturated heterocycles. The highest BCUT2D eigenvalue weighted by molar-refractivity contribution is 7.22. The predicted octanol–water partition coefficient (Wildman–Crippen LogP) is 5.46. The summed E-state index contributed by atoms with van der Waals surface area (Å²) in [6.45, 7) is 0. The molecule has 0 aliphatic rings. The third-order valence-corrected chi connectivity index (χ3v) is 4.31. The van der Waals surface area contributed by atoms with Crippen LogP contribution < -0.4 is 0 Å². The van der Waals surface area contributed by atoms with Gasteiger partial charge < -0.3 is 0 Å². The van der Waals surface area contributed by atoms with Crippen molar-refractivity contribution in [1.29, 1.82) is 5.26 Å². The van der Waals surface area contributed by atoms with Crippen LogP contribution in [0.5, 0.6) is 0 Å². The number of hydrogen-bond donors (Lipinski definition) is 0. The minimum atomic E-state index is -4.42. The minimum absolute atomic E-state index is 0.245. The number of thiophene rings is 1. The van der Waals surface area contributed by atoms with E-state index in [1.165, 1.54) is 17.4 Å². The van der Waals surface area contributed by atoms with Gasteiger partial charge in [0.05, 0.1) is 17.2 Å². The highest BCUT2D eigenvalue weighted by Crippen LogP contribution is 2.38. The second kappa shape index (κ2) is 4.90. The van der Waals surface area contributed by atoms with E-state index in [2.05, 4.69) is 0 Å². The quantitative estimate of drug-likeness (QED) is 0.585. The van der Waals surface area contributed by atoms with Crippen LogP contribution >= 0.6 is 11.3 Å². The van der Waals surface area contributed by atoms with Gasteiger partial charge in [0.25, 0.3) is 0 Å². The molecule has 0 N–H and O–H groups in total. The Bertz CT molecular complexity index is 823. The van der Waals surface area contributed by atoms with Crippen LogP contribution in [0.25, 0.3) is 20.5 Å². The summed E-state index contributed by atoms with van der Waals surface area (Å²) in [7, 11) is 0. The first kappa shape index (κ1) is 13.7. The van der Waals surface area contributed by atoms with E-state index in [-0.39, 0.29) is 5.56 Å². The maximum absolute atomic E-state index is 12.8. The number of fused-ring (bicyclic) bond motifs is 1. The Kier molecular flexibility index (Phi) is 3.19. The molecule has 104 valence electrons. The number of hydrogen-bond acceptors (Lipinski definition) is 2. The summed E-state index contributed by atoms with van der Waals surface area (Å²) in [6, 6.07) is 14.5. The molecular formula is C16H8F3NS. The van der Waals surface area contributed by atoms with Crippen LogP contribution in [-0.2, 0) is 6.18 Å². The third kappa shape index (κ3) is 2.50. The molecule has 0 aliphatic carbocycles. The molecule has 2 aromatic carbocycles. The van der Waals surface area contributed by atoms with Crippen molar-refractivity contribution in [2.45, 2.75) is 6.18 Å². The molecule has 1 aromatic heterocycles. The van der Waals surface area contributed by atoms with Crippen LogP contribution in [0.3, 0.4) is 0 Å². The molecule has 0 radical (unpaired) electrons. The molecule has 0 bridgehead atoms. The van der Waals surface area contributed by atoms with Gasteiger partial charge in [-0.25, -0.2) is 0 Å². The number of nitriles is 1. The van der Waals surface area contributed by atoms with Gasteiger partial charge in [-0.2, -0.15) is 18.4 Å². The van der Waals surface area contributed by atoms with Crippen molar-refractivity contribution < 1.29 is 13.2 Å². The molecule has 5 heteroatoms. The van der Waals surface area contributed by atoms with E-state index in [9.17, 15) is 13.2 Å². The van der Waals surface area contributed by atoms with E-state index in [4.69, 9.17) is 5.26 Å². The Labute approximate surface area is 122 Å². The zero-order valence-corrected chi connectivity index (χ0v) is 11.4. The van der Waals surface area contributed by atoms with Crippen LogP contribution in [0, 0.1) is 11.3 Å². The number of nitrogens with zero attached hydrogens (tertiary/aromatic N) is 1. The average molecular weight is 303 g/mol. The van der Waals surface area contributed by atoms with E-state index in [0.717, 1.165) is 22.2 Å². The van der Waals surface area contributed by atoms with Gasteiger partial charge in [0, 0.05) is 15.1 Å². The molecule has 0 amide bonds. The standard InChI is InChI=1S/C16H8F3NS/c17-16(18,19)12-6-5-11(9-20)13(8-12)15-7-10-3-1-2-4-14(10)21-15/h1-8H. The first-order valence-electron chi connectivity index (χ1n) is 6.09. The lowest BCUT2D eigenvalue weighted by Gasteiger charge is -2.09. The van der Waals surface area contributed by atoms with Crippen LogP contribution in [0.15, 0.2) is 48.5 Å². The van der Waals surface area contributed by atoms with E-state index < -0.39 is 11.7 Å². The van der Waals surface area contributed by atoms with Gasteiger partial charge in [0.15, 0.2) is 0 Å². The lowest BCUT2D eigenvalue weighted by molar-refractivity contribution is -0.137. The lowest BCUT2D eigenvalue weighted by atomic mass is 10.0. The normalized spacial score (nSPS) is 11.5. The lowest BCUT2D eigenvalue weighted by Crippen LogP contribution is -2.05. The summed E-state index contributed by atoms with van der Waals surface area (Å²) in [5, 5.41) is 10.1. The minimum Gasteiger partial charge on any atom is -0.192 e. The molecule has 1 nitrogen and oxygen atoms in total. The molecule has 0 saturated carbocycles. The number of benzene rings is 2. The van der Waals surface area contributed by atoms with Crippen molar-refractivity contribution in [3.63, 3.8) is 0 Å². The SMILES string of the molecule is N#Cc1ccc(C(F)(F)F)cc1-c1cc2ccccc2s1. The van der Waals surface area contributed by atoms with Crippen molar-refractivity contribution >= 4 is 21.4 Å². The summed E-state index contributed by atoms with van der Waals surface area (Å²) in [5.74, 6) is 0. The zero-order chi connectivity index (χ0) is 15.0. The largest absolute Gasteiger partial charge is 0.416 e. The molecule has 1 heterocycles. The van der Waals surface area contributed by atoms with E-state index >= 15 is 0 Å². The van der Waals surface area contributed by atoms with Gasteiger partial charge in [0.2, 0.25) is 0 Å². The van der Waals surface area contributed by atoms with Gasteiger partial charge in [-0.1, -0.05) is 18.2 Å². The second-order valence-electron chi connectivity index (χ2n) is 4.52. The molecule has 0 unspecified atom stereocenters. The molecule has 21 heavy (non-hydrogen) atoms. The van der Waals surface area contributed by atoms with Crippen molar-refractivity contribution in [2.75, 3.05) is 0 Å². The van der Waals surface area contributed by atoms with Gasteiger partial charge in [-0.05, 0) is 35.7 Å². The summed E-state index contributed by atoms with van der Waals surface area (Å²) in [5.41, 5.74) is -0.169. The molecule has 0 spiro atoms. The number of rotatable bonds is 1. The zero-order valence-electron chi connectivity index (χ0n) is 10.6. The van der Waals surface area contributed by atoms with Crippen LogP contribution in [0.1, 0.15) is 11.1 Å². The molecule has 0 atom stereocenters. The molecule has 0 fully saturated rings. The Morgan fingerprint density at radius 2 is 1.76 bits per heavy atom. The van der Waals surface area contributed by atoms with E-state index in [0.29, 0.717) is 10.4 Å². The summed E-state index contributed by atoms with van der Waals surface area (Å²) in [6.07, 6.45) is -4.42. The average Bonchev–Trinajstić information content (AvgIpc) is 2.89. The Morgan fingerprint density at radius 3 is 2.43 bits per heavy atom. The second-order valence-corrected chi connectivity index (χ2v) is 5.60. The van der Waals surface area contributed by atoms with Crippen molar-refractivity contribution in [1.82, 2.24) is 0 Å². The highest BCUT2D eigenvalue weighted by atomic mass is 32.1. The highest BCUT2D eigenvalue weighted by Gasteiger charge is 2.31. The van der Waals surface area contributed by atoms with Crippen molar-refractivity contribution in [3.8, 4) is 16.5 Å². The Hall–Kier alpha value is -2.32. The topological polar surface area (TPSA) is 23.8 Å². The first-order valence-corrected chi connectivity index (χ1v) is 6.91. The van der Waals surface area contributed by atoms with Crippen LogP contribution in [0.4, 0.5) is 13.2 Å². The molecule has 3 aromatic rings. The molecule has 0 aliphatic heterocycles. The van der Waals surface area contributed by atoms with Crippen molar-refractivity contribution in [3.05, 3.63) is 59.7 Å². The summed E-state index contributed by atoms with van der Waals surface area (Å²) in [4.78, 5) is 0.666. The Morgan fingerprint density at radius 1 is 1.00 bits per heavy atom. The summed E-state index contributed by atoms with van der Waals surface area (Å²) >= 11 is 1.38. The maximum Gasteiger partial charge on any atom is 0.416 e. The van der Waals surface area contributed by atoms with Crippen molar-refractivity contribution in [2.24, 2.45) is 0 Å². The fraction of sp³-hybridized carbons (Fsp3) is 0.0625. The number of alkyl halides is 3. The fourth-order valence-electron chi connectivity index (χ4n) is 2.14. The number of halogens is 3. The Balaban J connectivity index is 2.22. The van der Waals surface area contributed by atoms with Gasteiger partial charge in [-0.3, -0.25) is 0 Å². The predicted molar refractivity (Wildman–Crippen MR) is 77.0 cm³/mol. The van der Waals surface area contributed by atoms with E-state index in [1.807, 2.05) is 36.4 Å². The maximum atomic E-state index is 12.8. The first-order chi connectivity index (χ1) is 9.99.